The highest BCUT2D eigenvalue weighted by Crippen LogP contribution is 2.08. The van der Waals surface area contributed by atoms with Gasteiger partial charge in [0, 0.05) is 12.7 Å². The van der Waals surface area contributed by atoms with Gasteiger partial charge >= 0.3 is 8.10 Å². The molecular weight excluding hydrogens is 123 g/mol. The van der Waals surface area contributed by atoms with Gasteiger partial charge in [0.1, 0.15) is 0 Å². The minimum Gasteiger partial charge on any atom is -0.170 e. The van der Waals surface area contributed by atoms with Crippen molar-refractivity contribution >= 4 is 8.10 Å². The van der Waals surface area contributed by atoms with E-state index >= 15 is 0 Å². The van der Waals surface area contributed by atoms with Crippen LogP contribution in [-0.2, 0) is 4.57 Å². The second-order valence-electron chi connectivity index (χ2n) is 1.52. The number of nitrogens with one attached hydrogen (secondary N) is 2. The van der Waals surface area contributed by atoms with E-state index in [9.17, 15) is 4.57 Å². The molecule has 0 radical (unpaired) electrons. The molecule has 44 valence electrons. The van der Waals surface area contributed by atoms with Crippen LogP contribution in [0.3, 0.4) is 0 Å². The highest BCUT2D eigenvalue weighted by atomic mass is 31.1. The fraction of sp³-hybridized carbons (Fsp3) is 0.500. The van der Waals surface area contributed by atoms with E-state index in [-0.39, 0.29) is 0 Å². The lowest BCUT2D eigenvalue weighted by Crippen LogP contribution is -2.06. The van der Waals surface area contributed by atoms with E-state index in [4.69, 9.17) is 0 Å². The summed E-state index contributed by atoms with van der Waals surface area (Å²) in [6.07, 6.45) is 4.63. The van der Waals surface area contributed by atoms with Crippen molar-refractivity contribution in [2.75, 3.05) is 6.54 Å². The monoisotopic (exact) mass is 131 g/mol. The maximum atomic E-state index is 10.6. The topological polar surface area (TPSA) is 41.1 Å². The van der Waals surface area contributed by atoms with Gasteiger partial charge in [0.15, 0.2) is 0 Å². The molecule has 1 rings (SSSR count). The smallest absolute Gasteiger partial charge is 0.170 e. The van der Waals surface area contributed by atoms with Gasteiger partial charge in [-0.05, 0) is 11.0 Å². The summed E-state index contributed by atoms with van der Waals surface area (Å²) in [5.74, 6) is 0. The van der Waals surface area contributed by atoms with Crippen LogP contribution in [0.25, 0.3) is 0 Å². The molecule has 0 aliphatic carbocycles. The van der Waals surface area contributed by atoms with Crippen molar-refractivity contribution in [2.24, 2.45) is 0 Å². The molecule has 0 bridgehead atoms. The van der Waals surface area contributed by atoms with Crippen LogP contribution in [0.4, 0.5) is 0 Å². The first-order valence-electron chi connectivity index (χ1n) is 2.51. The van der Waals surface area contributed by atoms with Crippen LogP contribution >= 0.6 is 8.10 Å². The molecule has 3 nitrogen and oxygen atoms in total. The Kier molecular flexibility index (Phi) is 2.00. The molecule has 0 aromatic heterocycles. The molecule has 8 heavy (non-hydrogen) atoms. The zero-order chi connectivity index (χ0) is 5.82. The second kappa shape index (κ2) is 2.80. The summed E-state index contributed by atoms with van der Waals surface area (Å²) in [5, 5.41) is 5.44. The molecule has 1 unspecified atom stereocenters. The molecule has 1 aliphatic heterocycles. The molecular formula is C4H8N2OP+. The molecule has 4 heteroatoms. The molecule has 2 N–H and O–H groups in total. The zero-order valence-corrected chi connectivity index (χ0v) is 5.32. The van der Waals surface area contributed by atoms with Crippen LogP contribution in [0, 0.1) is 0 Å². The van der Waals surface area contributed by atoms with Gasteiger partial charge in [-0.2, -0.15) is 5.09 Å². The molecule has 1 atom stereocenters. The van der Waals surface area contributed by atoms with Crippen LogP contribution in [0.5, 0.6) is 0 Å². The van der Waals surface area contributed by atoms with Gasteiger partial charge in [-0.15, -0.1) is 0 Å². The van der Waals surface area contributed by atoms with Crippen LogP contribution in [0.15, 0.2) is 12.3 Å². The molecule has 0 saturated heterocycles. The predicted octanol–water partition coefficient (Wildman–Crippen LogP) is 0.740. The van der Waals surface area contributed by atoms with Crippen molar-refractivity contribution in [3.8, 4) is 0 Å². The third-order valence-electron chi connectivity index (χ3n) is 0.876. The van der Waals surface area contributed by atoms with Gasteiger partial charge in [-0.25, -0.2) is 0 Å². The molecule has 0 fully saturated rings. The van der Waals surface area contributed by atoms with Crippen molar-refractivity contribution < 1.29 is 4.57 Å². The maximum Gasteiger partial charge on any atom is 0.560 e. The van der Waals surface area contributed by atoms with E-state index in [0.717, 1.165) is 13.0 Å². The third kappa shape index (κ3) is 1.60. The average Bonchev–Trinajstić information content (AvgIpc) is 1.94. The Balaban J connectivity index is 2.41. The zero-order valence-electron chi connectivity index (χ0n) is 4.42. The van der Waals surface area contributed by atoms with Gasteiger partial charge in [0.05, 0.1) is 0 Å². The summed E-state index contributed by atoms with van der Waals surface area (Å²) in [7, 11) is -1.36. The van der Waals surface area contributed by atoms with Crippen LogP contribution in [0.2, 0.25) is 0 Å². The van der Waals surface area contributed by atoms with E-state index in [1.165, 1.54) is 0 Å². The summed E-state index contributed by atoms with van der Waals surface area (Å²) in [6, 6.07) is 0. The molecule has 0 aromatic rings. The Bertz CT molecular complexity index is 123. The van der Waals surface area contributed by atoms with E-state index in [1.54, 1.807) is 6.20 Å². The van der Waals surface area contributed by atoms with Crippen molar-refractivity contribution in [2.45, 2.75) is 6.42 Å². The standard InChI is InChI=1S/C4H8N2OP/c7-8-5-3-1-2-4-6-8/h1,3H,2,4H2,(H2,5,6,7)/q+1. The highest BCUT2D eigenvalue weighted by Gasteiger charge is 2.11. The summed E-state index contributed by atoms with van der Waals surface area (Å²) >= 11 is 0. The first-order valence-corrected chi connectivity index (χ1v) is 3.77. The van der Waals surface area contributed by atoms with Crippen LogP contribution in [-0.4, -0.2) is 6.54 Å². The van der Waals surface area contributed by atoms with E-state index in [2.05, 4.69) is 10.2 Å². The molecule has 1 heterocycles. The van der Waals surface area contributed by atoms with Gasteiger partial charge in [-0.1, -0.05) is 11.2 Å². The Morgan fingerprint density at radius 3 is 3.38 bits per heavy atom. The normalized spacial score (nSPS) is 24.2. The SMILES string of the molecule is O=[P+]1NC=CCCN1. The van der Waals surface area contributed by atoms with Gasteiger partial charge < -0.3 is 0 Å². The lowest BCUT2D eigenvalue weighted by Gasteiger charge is -1.79. The summed E-state index contributed by atoms with van der Waals surface area (Å²) in [5.41, 5.74) is 0. The van der Waals surface area contributed by atoms with Crippen molar-refractivity contribution in [3.05, 3.63) is 12.3 Å². The van der Waals surface area contributed by atoms with E-state index in [0.29, 0.717) is 0 Å². The summed E-state index contributed by atoms with van der Waals surface area (Å²) in [6.45, 7) is 0.804. The highest BCUT2D eigenvalue weighted by molar-refractivity contribution is 7.40. The second-order valence-corrected chi connectivity index (χ2v) is 2.69. The summed E-state index contributed by atoms with van der Waals surface area (Å²) < 4.78 is 10.6. The van der Waals surface area contributed by atoms with Crippen LogP contribution in [0.1, 0.15) is 6.42 Å². The van der Waals surface area contributed by atoms with Crippen molar-refractivity contribution in [1.82, 2.24) is 10.2 Å². The lowest BCUT2D eigenvalue weighted by atomic mass is 10.4. The number of hydrogen-bond donors (Lipinski definition) is 2. The summed E-state index contributed by atoms with van der Waals surface area (Å²) in [4.78, 5) is 0. The molecule has 1 aliphatic rings. The number of rotatable bonds is 0. The minimum absolute atomic E-state index is 0.804. The van der Waals surface area contributed by atoms with Crippen molar-refractivity contribution in [3.63, 3.8) is 0 Å². The molecule has 0 aromatic carbocycles. The van der Waals surface area contributed by atoms with Gasteiger partial charge in [-0.3, -0.25) is 0 Å². The van der Waals surface area contributed by atoms with E-state index in [1.807, 2.05) is 6.08 Å². The van der Waals surface area contributed by atoms with Gasteiger partial charge in [0.25, 0.3) is 0 Å². The fourth-order valence-corrected chi connectivity index (χ4v) is 1.16. The Hall–Kier alpha value is -0.400. The third-order valence-corrected chi connectivity index (χ3v) is 1.77. The Morgan fingerprint density at radius 2 is 2.50 bits per heavy atom. The average molecular weight is 131 g/mol. The Morgan fingerprint density at radius 1 is 1.62 bits per heavy atom. The lowest BCUT2D eigenvalue weighted by molar-refractivity contribution is 0.577. The molecule has 0 saturated carbocycles. The minimum atomic E-state index is -1.36. The number of hydrogen-bond acceptors (Lipinski definition) is 1. The molecule has 0 spiro atoms. The predicted molar refractivity (Wildman–Crippen MR) is 32.5 cm³/mol. The first-order chi connectivity index (χ1) is 3.89. The van der Waals surface area contributed by atoms with E-state index < -0.39 is 8.10 Å². The molecule has 0 amide bonds. The fourth-order valence-electron chi connectivity index (χ4n) is 0.499. The van der Waals surface area contributed by atoms with Crippen LogP contribution < -0.4 is 10.2 Å². The van der Waals surface area contributed by atoms with Crippen molar-refractivity contribution in [1.29, 1.82) is 0 Å². The largest absolute Gasteiger partial charge is 0.560 e. The van der Waals surface area contributed by atoms with Gasteiger partial charge in [0.2, 0.25) is 0 Å². The first kappa shape index (κ1) is 5.73. The Labute approximate surface area is 49.1 Å². The maximum absolute atomic E-state index is 10.6. The quantitative estimate of drug-likeness (QED) is 0.476.